The summed E-state index contributed by atoms with van der Waals surface area (Å²) in [6.07, 6.45) is 2.98. The van der Waals surface area contributed by atoms with E-state index in [1.165, 1.54) is 6.08 Å². The first-order chi connectivity index (χ1) is 12.0. The molecule has 0 unspecified atom stereocenters. The first kappa shape index (κ1) is 18.4. The van der Waals surface area contributed by atoms with Crippen molar-refractivity contribution < 1.29 is 19.0 Å². The van der Waals surface area contributed by atoms with Gasteiger partial charge in [-0.25, -0.2) is 4.79 Å². The Labute approximate surface area is 147 Å². The van der Waals surface area contributed by atoms with E-state index in [1.807, 2.05) is 32.9 Å². The minimum atomic E-state index is -0.468. The minimum absolute atomic E-state index is 0.0817. The van der Waals surface area contributed by atoms with E-state index in [-0.39, 0.29) is 6.61 Å². The molecule has 0 atom stereocenters. The molecule has 0 aliphatic rings. The van der Waals surface area contributed by atoms with Crippen molar-refractivity contribution in [3.63, 3.8) is 0 Å². The molecule has 0 amide bonds. The highest BCUT2D eigenvalue weighted by Crippen LogP contribution is 2.31. The smallest absolute Gasteiger partial charge is 0.331 e. The summed E-state index contributed by atoms with van der Waals surface area (Å²) in [5.74, 6) is 0.688. The number of aromatic nitrogens is 2. The number of methoxy groups -OCH3 is 2. The molecule has 0 N–H and O–H groups in total. The first-order valence-electron chi connectivity index (χ1n) is 7.82. The molecule has 2 aromatic rings. The molecule has 0 saturated heterocycles. The molecule has 0 fully saturated rings. The number of esters is 1. The van der Waals surface area contributed by atoms with Crippen molar-refractivity contribution in [3.05, 3.63) is 52.6 Å². The molecule has 1 aromatic carbocycles. The van der Waals surface area contributed by atoms with Gasteiger partial charge >= 0.3 is 5.97 Å². The molecule has 0 aliphatic carbocycles. The molecule has 2 rings (SSSR count). The summed E-state index contributed by atoms with van der Waals surface area (Å²) < 4.78 is 15.8. The van der Waals surface area contributed by atoms with Gasteiger partial charge in [0.15, 0.2) is 11.5 Å². The van der Waals surface area contributed by atoms with Gasteiger partial charge in [0.05, 0.1) is 37.0 Å². The number of ether oxygens (including phenoxy) is 3. The fourth-order valence-electron chi connectivity index (χ4n) is 2.29. The molecule has 6 heteroatoms. The topological polar surface area (TPSA) is 70.5 Å². The second-order valence-electron chi connectivity index (χ2n) is 5.45. The molecule has 0 radical (unpaired) electrons. The van der Waals surface area contributed by atoms with Crippen LogP contribution in [0.1, 0.15) is 28.3 Å². The number of nitrogens with zero attached hydrogens (tertiary/aromatic N) is 2. The van der Waals surface area contributed by atoms with Crippen LogP contribution >= 0.6 is 0 Å². The number of carbonyl (C=O) groups is 1. The van der Waals surface area contributed by atoms with Crippen LogP contribution in [0.3, 0.4) is 0 Å². The van der Waals surface area contributed by atoms with Crippen molar-refractivity contribution in [2.75, 3.05) is 14.2 Å². The van der Waals surface area contributed by atoms with Crippen LogP contribution in [0.4, 0.5) is 0 Å². The van der Waals surface area contributed by atoms with E-state index in [1.54, 1.807) is 26.4 Å². The number of benzene rings is 1. The van der Waals surface area contributed by atoms with Gasteiger partial charge in [-0.2, -0.15) is 0 Å². The molecule has 25 heavy (non-hydrogen) atoms. The quantitative estimate of drug-likeness (QED) is 0.593. The third kappa shape index (κ3) is 4.56. The van der Waals surface area contributed by atoms with E-state index in [9.17, 15) is 4.79 Å². The summed E-state index contributed by atoms with van der Waals surface area (Å²) in [6, 6.07) is 5.43. The lowest BCUT2D eigenvalue weighted by atomic mass is 10.1. The average molecular weight is 342 g/mol. The molecular formula is C19H22N2O4. The highest BCUT2D eigenvalue weighted by atomic mass is 16.5. The second kappa shape index (κ2) is 8.28. The Bertz CT molecular complexity index is 800. The number of carbonyl (C=O) groups excluding carboxylic acids is 1. The SMILES string of the molecule is COc1cccc(/C=C/C(=O)OCc2nc(C)c(C)nc2C)c1OC. The Morgan fingerprint density at radius 2 is 1.76 bits per heavy atom. The van der Waals surface area contributed by atoms with Gasteiger partial charge in [0.25, 0.3) is 0 Å². The predicted molar refractivity (Wildman–Crippen MR) is 94.6 cm³/mol. The van der Waals surface area contributed by atoms with Crippen LogP contribution in [0, 0.1) is 20.8 Å². The van der Waals surface area contributed by atoms with Crippen molar-refractivity contribution >= 4 is 12.0 Å². The fourth-order valence-corrected chi connectivity index (χ4v) is 2.29. The van der Waals surface area contributed by atoms with Gasteiger partial charge < -0.3 is 14.2 Å². The van der Waals surface area contributed by atoms with Crippen LogP contribution in [0.2, 0.25) is 0 Å². The van der Waals surface area contributed by atoms with Gasteiger partial charge in [0, 0.05) is 11.6 Å². The average Bonchev–Trinajstić information content (AvgIpc) is 2.61. The van der Waals surface area contributed by atoms with E-state index < -0.39 is 5.97 Å². The Hall–Kier alpha value is -2.89. The fraction of sp³-hybridized carbons (Fsp3) is 0.316. The highest BCUT2D eigenvalue weighted by Gasteiger charge is 2.09. The maximum atomic E-state index is 12.0. The monoisotopic (exact) mass is 342 g/mol. The van der Waals surface area contributed by atoms with Crippen molar-refractivity contribution in [1.82, 2.24) is 9.97 Å². The lowest BCUT2D eigenvalue weighted by Crippen LogP contribution is -2.07. The van der Waals surface area contributed by atoms with Gasteiger partial charge in [-0.1, -0.05) is 12.1 Å². The van der Waals surface area contributed by atoms with Crippen LogP contribution in [0.5, 0.6) is 11.5 Å². The normalized spacial score (nSPS) is 10.8. The van der Waals surface area contributed by atoms with E-state index >= 15 is 0 Å². The lowest BCUT2D eigenvalue weighted by molar-refractivity contribution is -0.139. The molecule has 0 aliphatic heterocycles. The highest BCUT2D eigenvalue weighted by molar-refractivity contribution is 5.87. The number of rotatable bonds is 6. The Morgan fingerprint density at radius 3 is 2.44 bits per heavy atom. The van der Waals surface area contributed by atoms with Crippen LogP contribution < -0.4 is 9.47 Å². The Balaban J connectivity index is 2.06. The van der Waals surface area contributed by atoms with E-state index in [0.29, 0.717) is 17.2 Å². The van der Waals surface area contributed by atoms with Crippen molar-refractivity contribution in [2.24, 2.45) is 0 Å². The number of hydrogen-bond acceptors (Lipinski definition) is 6. The van der Waals surface area contributed by atoms with Crippen LogP contribution in [0.15, 0.2) is 24.3 Å². The van der Waals surface area contributed by atoms with Crippen molar-refractivity contribution in [3.8, 4) is 11.5 Å². The molecule has 0 spiro atoms. The van der Waals surface area contributed by atoms with Gasteiger partial charge in [-0.15, -0.1) is 0 Å². The van der Waals surface area contributed by atoms with Crippen molar-refractivity contribution in [1.29, 1.82) is 0 Å². The van der Waals surface area contributed by atoms with Crippen LogP contribution in [-0.2, 0) is 16.1 Å². The summed E-state index contributed by atoms with van der Waals surface area (Å²) >= 11 is 0. The molecule has 6 nitrogen and oxygen atoms in total. The van der Waals surface area contributed by atoms with Gasteiger partial charge in [0.1, 0.15) is 6.61 Å². The Morgan fingerprint density at radius 1 is 1.04 bits per heavy atom. The largest absolute Gasteiger partial charge is 0.493 e. The van der Waals surface area contributed by atoms with Crippen molar-refractivity contribution in [2.45, 2.75) is 27.4 Å². The van der Waals surface area contributed by atoms with Gasteiger partial charge in [-0.3, -0.25) is 9.97 Å². The Kier molecular flexibility index (Phi) is 6.11. The second-order valence-corrected chi connectivity index (χ2v) is 5.45. The van der Waals surface area contributed by atoms with Crippen LogP contribution in [-0.4, -0.2) is 30.2 Å². The predicted octanol–water partition coefficient (Wildman–Crippen LogP) is 3.18. The van der Waals surface area contributed by atoms with Gasteiger partial charge in [0.2, 0.25) is 0 Å². The standard InChI is InChI=1S/C19H22N2O4/c1-12-13(2)21-16(14(3)20-12)11-25-18(22)10-9-15-7-6-8-17(23-4)19(15)24-5/h6-10H,11H2,1-5H3/b10-9+. The minimum Gasteiger partial charge on any atom is -0.493 e. The zero-order valence-electron chi connectivity index (χ0n) is 15.1. The maximum Gasteiger partial charge on any atom is 0.331 e. The number of aryl methyl sites for hydroxylation is 3. The van der Waals surface area contributed by atoms with E-state index in [0.717, 1.165) is 22.6 Å². The molecule has 0 saturated carbocycles. The first-order valence-corrected chi connectivity index (χ1v) is 7.82. The molecule has 1 heterocycles. The molecule has 132 valence electrons. The lowest BCUT2D eigenvalue weighted by Gasteiger charge is -2.10. The summed E-state index contributed by atoms with van der Waals surface area (Å²) in [5.41, 5.74) is 3.84. The molecule has 0 bridgehead atoms. The third-order valence-corrected chi connectivity index (χ3v) is 3.76. The molecular weight excluding hydrogens is 320 g/mol. The van der Waals surface area contributed by atoms with E-state index in [2.05, 4.69) is 9.97 Å². The number of para-hydroxylation sites is 1. The summed E-state index contributed by atoms with van der Waals surface area (Å²) in [6.45, 7) is 5.70. The molecule has 1 aromatic heterocycles. The van der Waals surface area contributed by atoms with Gasteiger partial charge in [-0.05, 0) is 32.9 Å². The summed E-state index contributed by atoms with van der Waals surface area (Å²) in [4.78, 5) is 20.8. The summed E-state index contributed by atoms with van der Waals surface area (Å²) in [7, 11) is 3.11. The zero-order chi connectivity index (χ0) is 18.4. The summed E-state index contributed by atoms with van der Waals surface area (Å²) in [5, 5.41) is 0. The third-order valence-electron chi connectivity index (χ3n) is 3.76. The number of hydrogen-bond donors (Lipinski definition) is 0. The van der Waals surface area contributed by atoms with E-state index in [4.69, 9.17) is 14.2 Å². The zero-order valence-corrected chi connectivity index (χ0v) is 15.1. The maximum absolute atomic E-state index is 12.0. The van der Waals surface area contributed by atoms with Crippen LogP contribution in [0.25, 0.3) is 6.08 Å².